The molecule has 0 radical (unpaired) electrons. The summed E-state index contributed by atoms with van der Waals surface area (Å²) in [7, 11) is 0. The normalized spacial score (nSPS) is 14.0. The standard InChI is InChI=1S/C23H36ClN3O6/c1-12(2)6-15(25)11-33-20-8-14(5)17(24)9-16(20)21(29)26-18(7-13(3)4)22(30)27-19(10-28)23(31)32/h8-9,12-13,15,18-19,28H,6-7,10-11,25H2,1-5H3,(H,26,29)(H,27,30)(H,31,32)/t15-,18-,19-/m0/s1. The van der Waals surface area contributed by atoms with Gasteiger partial charge in [-0.3, -0.25) is 9.59 Å². The Kier molecular flexibility index (Phi) is 11.6. The fourth-order valence-electron chi connectivity index (χ4n) is 3.22. The number of carboxylic acids is 1. The Hall–Kier alpha value is -2.36. The highest BCUT2D eigenvalue weighted by Gasteiger charge is 2.28. The van der Waals surface area contributed by atoms with Crippen molar-refractivity contribution in [3.05, 3.63) is 28.3 Å². The second kappa shape index (κ2) is 13.4. The van der Waals surface area contributed by atoms with Crippen LogP contribution >= 0.6 is 11.6 Å². The average molecular weight is 486 g/mol. The third-order valence-electron chi connectivity index (χ3n) is 4.86. The van der Waals surface area contributed by atoms with Crippen LogP contribution in [0.4, 0.5) is 0 Å². The highest BCUT2D eigenvalue weighted by Crippen LogP contribution is 2.27. The minimum Gasteiger partial charge on any atom is -0.491 e. The van der Waals surface area contributed by atoms with Crippen LogP contribution in [-0.2, 0) is 9.59 Å². The number of hydrogen-bond donors (Lipinski definition) is 5. The summed E-state index contributed by atoms with van der Waals surface area (Å²) in [4.78, 5) is 36.9. The number of carboxylic acid groups (broad SMARTS) is 1. The van der Waals surface area contributed by atoms with Crippen LogP contribution in [0, 0.1) is 18.8 Å². The number of aliphatic hydroxyl groups excluding tert-OH is 1. The molecule has 0 unspecified atom stereocenters. The third-order valence-corrected chi connectivity index (χ3v) is 5.27. The predicted molar refractivity (Wildman–Crippen MR) is 126 cm³/mol. The van der Waals surface area contributed by atoms with E-state index in [1.165, 1.54) is 6.07 Å². The van der Waals surface area contributed by atoms with Crippen molar-refractivity contribution in [3.8, 4) is 5.75 Å². The Morgan fingerprint density at radius 2 is 1.67 bits per heavy atom. The fourth-order valence-corrected chi connectivity index (χ4v) is 3.38. The maximum absolute atomic E-state index is 13.1. The summed E-state index contributed by atoms with van der Waals surface area (Å²) < 4.78 is 5.84. The molecule has 1 rings (SSSR count). The Morgan fingerprint density at radius 1 is 1.06 bits per heavy atom. The van der Waals surface area contributed by atoms with Gasteiger partial charge in [-0.15, -0.1) is 0 Å². The van der Waals surface area contributed by atoms with Crippen LogP contribution in [0.25, 0.3) is 0 Å². The lowest BCUT2D eigenvalue weighted by atomic mass is 10.0. The molecule has 3 atom stereocenters. The van der Waals surface area contributed by atoms with Gasteiger partial charge in [0.25, 0.3) is 5.91 Å². The van der Waals surface area contributed by atoms with E-state index in [1.807, 2.05) is 13.8 Å². The molecule has 0 spiro atoms. The second-order valence-corrected chi connectivity index (χ2v) is 9.44. The van der Waals surface area contributed by atoms with Gasteiger partial charge in [-0.2, -0.15) is 0 Å². The number of nitrogens with one attached hydrogen (secondary N) is 2. The number of benzene rings is 1. The molecule has 0 fully saturated rings. The third kappa shape index (κ3) is 9.57. The van der Waals surface area contributed by atoms with E-state index >= 15 is 0 Å². The maximum atomic E-state index is 13.1. The lowest BCUT2D eigenvalue weighted by Gasteiger charge is -2.23. The van der Waals surface area contributed by atoms with E-state index in [-0.39, 0.29) is 36.3 Å². The van der Waals surface area contributed by atoms with Gasteiger partial charge in [-0.25, -0.2) is 4.79 Å². The van der Waals surface area contributed by atoms with Crippen molar-refractivity contribution in [1.82, 2.24) is 10.6 Å². The van der Waals surface area contributed by atoms with Gasteiger partial charge in [0.15, 0.2) is 0 Å². The molecule has 0 bridgehead atoms. The number of rotatable bonds is 13. The van der Waals surface area contributed by atoms with Gasteiger partial charge in [-0.1, -0.05) is 39.3 Å². The van der Waals surface area contributed by atoms with E-state index in [0.717, 1.165) is 6.42 Å². The zero-order valence-electron chi connectivity index (χ0n) is 19.9. The summed E-state index contributed by atoms with van der Waals surface area (Å²) in [6.45, 7) is 9.04. The highest BCUT2D eigenvalue weighted by molar-refractivity contribution is 6.31. The highest BCUT2D eigenvalue weighted by atomic mass is 35.5. The minimum absolute atomic E-state index is 0.0183. The van der Waals surface area contributed by atoms with Gasteiger partial charge in [0.1, 0.15) is 24.4 Å². The van der Waals surface area contributed by atoms with Gasteiger partial charge in [0.05, 0.1) is 12.2 Å². The zero-order valence-corrected chi connectivity index (χ0v) is 20.6. The Labute approximate surface area is 200 Å². The first-order chi connectivity index (χ1) is 15.3. The number of aliphatic hydroxyl groups is 1. The number of aryl methyl sites for hydroxylation is 1. The lowest BCUT2D eigenvalue weighted by molar-refractivity contribution is -0.143. The predicted octanol–water partition coefficient (Wildman–Crippen LogP) is 2.11. The molecule has 2 amide bonds. The number of amides is 2. The van der Waals surface area contributed by atoms with E-state index in [0.29, 0.717) is 16.5 Å². The molecule has 0 saturated heterocycles. The Bertz CT molecular complexity index is 831. The smallest absolute Gasteiger partial charge is 0.328 e. The summed E-state index contributed by atoms with van der Waals surface area (Å²) in [5.41, 5.74) is 6.95. The number of carbonyl (C=O) groups excluding carboxylic acids is 2. The molecule has 0 aromatic heterocycles. The van der Waals surface area contributed by atoms with Gasteiger partial charge in [-0.05, 0) is 49.3 Å². The first kappa shape index (κ1) is 28.7. The molecule has 33 heavy (non-hydrogen) atoms. The number of carbonyl (C=O) groups is 3. The zero-order chi connectivity index (χ0) is 25.3. The monoisotopic (exact) mass is 485 g/mol. The molecule has 9 nitrogen and oxygen atoms in total. The maximum Gasteiger partial charge on any atom is 0.328 e. The van der Waals surface area contributed by atoms with Crippen molar-refractivity contribution in [2.75, 3.05) is 13.2 Å². The summed E-state index contributed by atoms with van der Waals surface area (Å²) in [5.74, 6) is -1.98. The Balaban J connectivity index is 3.11. The number of aliphatic carboxylic acids is 1. The van der Waals surface area contributed by atoms with Crippen LogP contribution in [0.5, 0.6) is 5.75 Å². The van der Waals surface area contributed by atoms with Gasteiger partial charge < -0.3 is 31.3 Å². The van der Waals surface area contributed by atoms with E-state index in [9.17, 15) is 19.5 Å². The topological polar surface area (TPSA) is 151 Å². The van der Waals surface area contributed by atoms with Crippen molar-refractivity contribution in [2.45, 2.75) is 65.6 Å². The molecule has 10 heteroatoms. The minimum atomic E-state index is -1.47. The average Bonchev–Trinajstić information content (AvgIpc) is 2.70. The van der Waals surface area contributed by atoms with Crippen molar-refractivity contribution < 1.29 is 29.3 Å². The molecule has 186 valence electrons. The van der Waals surface area contributed by atoms with Crippen LogP contribution in [0.2, 0.25) is 5.02 Å². The number of halogens is 1. The van der Waals surface area contributed by atoms with Crippen LogP contribution in [0.15, 0.2) is 12.1 Å². The van der Waals surface area contributed by atoms with Crippen LogP contribution < -0.4 is 21.1 Å². The second-order valence-electron chi connectivity index (χ2n) is 9.04. The van der Waals surface area contributed by atoms with Crippen molar-refractivity contribution >= 4 is 29.4 Å². The quantitative estimate of drug-likeness (QED) is 0.287. The van der Waals surface area contributed by atoms with Crippen molar-refractivity contribution in [3.63, 3.8) is 0 Å². The number of hydrogen-bond acceptors (Lipinski definition) is 6. The molecule has 1 aromatic rings. The molecular formula is C23H36ClN3O6. The van der Waals surface area contributed by atoms with E-state index in [2.05, 4.69) is 24.5 Å². The van der Waals surface area contributed by atoms with Gasteiger partial charge in [0, 0.05) is 11.1 Å². The number of ether oxygens (including phenoxy) is 1. The molecular weight excluding hydrogens is 450 g/mol. The summed E-state index contributed by atoms with van der Waals surface area (Å²) in [6, 6.07) is 0.389. The van der Waals surface area contributed by atoms with Crippen molar-refractivity contribution in [1.29, 1.82) is 0 Å². The molecule has 0 aliphatic heterocycles. The summed E-state index contributed by atoms with van der Waals surface area (Å²) in [5, 5.41) is 23.5. The van der Waals surface area contributed by atoms with Crippen LogP contribution in [0.3, 0.4) is 0 Å². The number of nitrogens with two attached hydrogens (primary N) is 1. The fraction of sp³-hybridized carbons (Fsp3) is 0.609. The van der Waals surface area contributed by atoms with E-state index < -0.39 is 36.5 Å². The summed E-state index contributed by atoms with van der Waals surface area (Å²) >= 11 is 6.23. The van der Waals surface area contributed by atoms with E-state index in [4.69, 9.17) is 27.2 Å². The molecule has 1 aromatic carbocycles. The first-order valence-corrected chi connectivity index (χ1v) is 11.4. The van der Waals surface area contributed by atoms with Crippen LogP contribution in [-0.4, -0.2) is 59.3 Å². The Morgan fingerprint density at radius 3 is 2.18 bits per heavy atom. The van der Waals surface area contributed by atoms with Gasteiger partial charge in [0.2, 0.25) is 5.91 Å². The molecule has 0 aliphatic carbocycles. The molecule has 6 N–H and O–H groups in total. The molecule has 0 heterocycles. The summed E-state index contributed by atoms with van der Waals surface area (Å²) in [6.07, 6.45) is 1.00. The van der Waals surface area contributed by atoms with Crippen molar-refractivity contribution in [2.24, 2.45) is 17.6 Å². The SMILES string of the molecule is Cc1cc(OC[C@@H](N)CC(C)C)c(C(=O)N[C@@H](CC(C)C)C(=O)N[C@@H](CO)C(=O)O)cc1Cl. The lowest BCUT2D eigenvalue weighted by Crippen LogP contribution is -2.53. The molecule has 0 saturated carbocycles. The van der Waals surface area contributed by atoms with Crippen LogP contribution in [0.1, 0.15) is 56.5 Å². The largest absolute Gasteiger partial charge is 0.491 e. The first-order valence-electron chi connectivity index (χ1n) is 11.0. The van der Waals surface area contributed by atoms with E-state index in [1.54, 1.807) is 13.0 Å². The van der Waals surface area contributed by atoms with Gasteiger partial charge >= 0.3 is 5.97 Å². The molecule has 0 aliphatic rings.